The van der Waals surface area contributed by atoms with Crippen LogP contribution in [-0.4, -0.2) is 60.9 Å². The Hall–Kier alpha value is -1.88. The van der Waals surface area contributed by atoms with Gasteiger partial charge in [0.1, 0.15) is 6.54 Å². The molecule has 2 heterocycles. The fraction of sp³-hybridized carbons (Fsp3) is 0.600. The van der Waals surface area contributed by atoms with Crippen molar-refractivity contribution in [2.75, 3.05) is 44.2 Å². The van der Waals surface area contributed by atoms with Crippen molar-refractivity contribution in [1.82, 2.24) is 9.80 Å². The molecule has 0 bridgehead atoms. The summed E-state index contributed by atoms with van der Waals surface area (Å²) in [6.45, 7) is 12.7. The summed E-state index contributed by atoms with van der Waals surface area (Å²) in [4.78, 5) is 31.6. The van der Waals surface area contributed by atoms with Crippen LogP contribution >= 0.6 is 0 Å². The van der Waals surface area contributed by atoms with Crippen LogP contribution in [0, 0.1) is 6.92 Å². The number of anilines is 1. The molecule has 0 saturated carbocycles. The highest BCUT2D eigenvalue weighted by atomic mass is 16.2. The van der Waals surface area contributed by atoms with Crippen molar-refractivity contribution in [3.05, 3.63) is 29.3 Å². The number of fused-ring (bicyclic) bond motifs is 1. The second-order valence-electron chi connectivity index (χ2n) is 7.76. The summed E-state index contributed by atoms with van der Waals surface area (Å²) >= 11 is 0. The fourth-order valence-corrected chi connectivity index (χ4v) is 3.88. The van der Waals surface area contributed by atoms with Gasteiger partial charge < -0.3 is 9.80 Å². The van der Waals surface area contributed by atoms with E-state index in [-0.39, 0.29) is 18.4 Å². The molecule has 2 aliphatic heterocycles. The molecule has 1 aromatic rings. The lowest BCUT2D eigenvalue weighted by molar-refractivity contribution is -0.133. The standard InChI is InChI=1S/C20H29N3O2/c1-5-8-21-9-11-22(12-10-21)18(24)14-23-17-7-6-15(2)13-16(17)20(3,4)19(23)25/h6-7,13H,5,8-12,14H2,1-4H3. The molecule has 0 unspecified atom stereocenters. The molecule has 2 amide bonds. The number of carbonyl (C=O) groups excluding carboxylic acids is 2. The van der Waals surface area contributed by atoms with E-state index in [0.717, 1.165) is 56.0 Å². The number of piperazine rings is 1. The van der Waals surface area contributed by atoms with Crippen molar-refractivity contribution in [3.8, 4) is 0 Å². The first-order valence-corrected chi connectivity index (χ1v) is 9.28. The van der Waals surface area contributed by atoms with E-state index in [2.05, 4.69) is 17.9 Å². The zero-order valence-corrected chi connectivity index (χ0v) is 15.8. The van der Waals surface area contributed by atoms with E-state index >= 15 is 0 Å². The van der Waals surface area contributed by atoms with E-state index in [1.165, 1.54) is 0 Å². The smallest absolute Gasteiger partial charge is 0.242 e. The molecule has 136 valence electrons. The summed E-state index contributed by atoms with van der Waals surface area (Å²) < 4.78 is 0. The van der Waals surface area contributed by atoms with E-state index in [9.17, 15) is 9.59 Å². The first-order valence-electron chi connectivity index (χ1n) is 9.28. The zero-order valence-electron chi connectivity index (χ0n) is 15.8. The molecule has 1 saturated heterocycles. The summed E-state index contributed by atoms with van der Waals surface area (Å²) in [7, 11) is 0. The van der Waals surface area contributed by atoms with E-state index in [1.54, 1.807) is 4.90 Å². The maximum atomic E-state index is 12.9. The molecule has 0 N–H and O–H groups in total. The highest BCUT2D eigenvalue weighted by molar-refractivity contribution is 6.10. The third kappa shape index (κ3) is 3.30. The van der Waals surface area contributed by atoms with Crippen LogP contribution in [0.5, 0.6) is 0 Å². The van der Waals surface area contributed by atoms with Crippen LogP contribution in [0.2, 0.25) is 0 Å². The molecule has 0 aromatic heterocycles. The van der Waals surface area contributed by atoms with Crippen molar-refractivity contribution in [2.45, 2.75) is 39.5 Å². The number of aryl methyl sites for hydroxylation is 1. The second-order valence-corrected chi connectivity index (χ2v) is 7.76. The molecule has 2 aliphatic rings. The molecule has 5 nitrogen and oxygen atoms in total. The van der Waals surface area contributed by atoms with Crippen LogP contribution < -0.4 is 4.90 Å². The van der Waals surface area contributed by atoms with Crippen molar-refractivity contribution in [2.24, 2.45) is 0 Å². The number of amides is 2. The largest absolute Gasteiger partial charge is 0.339 e. The average molecular weight is 343 g/mol. The topological polar surface area (TPSA) is 43.9 Å². The third-order valence-corrected chi connectivity index (χ3v) is 5.45. The van der Waals surface area contributed by atoms with Gasteiger partial charge >= 0.3 is 0 Å². The van der Waals surface area contributed by atoms with Crippen LogP contribution in [0.1, 0.15) is 38.3 Å². The highest BCUT2D eigenvalue weighted by Gasteiger charge is 2.44. The number of hydrogen-bond acceptors (Lipinski definition) is 3. The molecule has 25 heavy (non-hydrogen) atoms. The van der Waals surface area contributed by atoms with E-state index in [4.69, 9.17) is 0 Å². The Balaban J connectivity index is 1.71. The number of carbonyl (C=O) groups is 2. The van der Waals surface area contributed by atoms with E-state index < -0.39 is 5.41 Å². The van der Waals surface area contributed by atoms with Gasteiger partial charge in [-0.2, -0.15) is 0 Å². The predicted octanol–water partition coefficient (Wildman–Crippen LogP) is 2.17. The van der Waals surface area contributed by atoms with Crippen molar-refractivity contribution in [1.29, 1.82) is 0 Å². The second kappa shape index (κ2) is 6.79. The van der Waals surface area contributed by atoms with Gasteiger partial charge in [-0.1, -0.05) is 24.6 Å². The van der Waals surface area contributed by atoms with Gasteiger partial charge in [0.05, 0.1) is 5.41 Å². The number of hydrogen-bond donors (Lipinski definition) is 0. The first kappa shape index (κ1) is 17.9. The number of rotatable bonds is 4. The number of benzene rings is 1. The van der Waals surface area contributed by atoms with Gasteiger partial charge in [0.25, 0.3) is 0 Å². The molecule has 1 fully saturated rings. The van der Waals surface area contributed by atoms with Crippen molar-refractivity contribution in [3.63, 3.8) is 0 Å². The number of nitrogens with zero attached hydrogens (tertiary/aromatic N) is 3. The Kier molecular flexibility index (Phi) is 4.87. The minimum absolute atomic E-state index is 0.0195. The minimum atomic E-state index is -0.568. The van der Waals surface area contributed by atoms with Crippen LogP contribution in [0.3, 0.4) is 0 Å². The van der Waals surface area contributed by atoms with Gasteiger partial charge in [-0.15, -0.1) is 0 Å². The molecular weight excluding hydrogens is 314 g/mol. The van der Waals surface area contributed by atoms with E-state index in [1.807, 2.05) is 37.8 Å². The van der Waals surface area contributed by atoms with Gasteiger partial charge in [-0.05, 0) is 45.4 Å². The molecule has 5 heteroatoms. The van der Waals surface area contributed by atoms with Crippen molar-refractivity contribution < 1.29 is 9.59 Å². The quantitative estimate of drug-likeness (QED) is 0.842. The van der Waals surface area contributed by atoms with Crippen LogP contribution in [0.15, 0.2) is 18.2 Å². The van der Waals surface area contributed by atoms with Crippen LogP contribution in [0.4, 0.5) is 5.69 Å². The summed E-state index contributed by atoms with van der Waals surface area (Å²) in [6.07, 6.45) is 1.14. The maximum absolute atomic E-state index is 12.9. The molecule has 0 atom stereocenters. The van der Waals surface area contributed by atoms with Gasteiger partial charge in [0.2, 0.25) is 11.8 Å². The Morgan fingerprint density at radius 1 is 1.16 bits per heavy atom. The normalized spacial score (nSPS) is 20.1. The molecular formula is C20H29N3O2. The SMILES string of the molecule is CCCN1CCN(C(=O)CN2C(=O)C(C)(C)c3cc(C)ccc32)CC1. The Morgan fingerprint density at radius 3 is 2.48 bits per heavy atom. The summed E-state index contributed by atoms with van der Waals surface area (Å²) in [5.41, 5.74) is 2.48. The minimum Gasteiger partial charge on any atom is -0.339 e. The third-order valence-electron chi connectivity index (χ3n) is 5.45. The summed E-state index contributed by atoms with van der Waals surface area (Å²) in [5.74, 6) is 0.0693. The lowest BCUT2D eigenvalue weighted by Crippen LogP contribution is -2.52. The maximum Gasteiger partial charge on any atom is 0.242 e. The Morgan fingerprint density at radius 2 is 1.84 bits per heavy atom. The molecule has 0 radical (unpaired) electrons. The monoisotopic (exact) mass is 343 g/mol. The summed E-state index contributed by atoms with van der Waals surface area (Å²) in [6, 6.07) is 6.06. The average Bonchev–Trinajstić information content (AvgIpc) is 2.77. The summed E-state index contributed by atoms with van der Waals surface area (Å²) in [5, 5.41) is 0. The first-order chi connectivity index (χ1) is 11.8. The Bertz CT molecular complexity index is 676. The van der Waals surface area contributed by atoms with Gasteiger partial charge in [-0.25, -0.2) is 0 Å². The van der Waals surface area contributed by atoms with Gasteiger partial charge in [-0.3, -0.25) is 14.5 Å². The molecule has 0 spiro atoms. The lowest BCUT2D eigenvalue weighted by Gasteiger charge is -2.35. The van der Waals surface area contributed by atoms with Crippen LogP contribution in [0.25, 0.3) is 0 Å². The van der Waals surface area contributed by atoms with Crippen molar-refractivity contribution >= 4 is 17.5 Å². The lowest BCUT2D eigenvalue weighted by atomic mass is 9.85. The fourth-order valence-electron chi connectivity index (χ4n) is 3.88. The Labute approximate surface area is 150 Å². The predicted molar refractivity (Wildman–Crippen MR) is 99.9 cm³/mol. The van der Waals surface area contributed by atoms with E-state index in [0.29, 0.717) is 0 Å². The molecule has 1 aromatic carbocycles. The molecule has 0 aliphatic carbocycles. The highest BCUT2D eigenvalue weighted by Crippen LogP contribution is 2.41. The van der Waals surface area contributed by atoms with Gasteiger partial charge in [0, 0.05) is 31.9 Å². The molecule has 3 rings (SSSR count). The van der Waals surface area contributed by atoms with Gasteiger partial charge in [0.15, 0.2) is 0 Å². The zero-order chi connectivity index (χ0) is 18.2. The van der Waals surface area contributed by atoms with Crippen LogP contribution in [-0.2, 0) is 15.0 Å².